The fourth-order valence-electron chi connectivity index (χ4n) is 1.79. The van der Waals surface area contributed by atoms with Crippen LogP contribution in [-0.4, -0.2) is 56.6 Å². The molecule has 23 heavy (non-hydrogen) atoms. The minimum atomic E-state index is -4.38. The van der Waals surface area contributed by atoms with Crippen LogP contribution < -0.4 is 0 Å². The SMILES string of the molecule is OCCOCCSc1nnc(-c2ccncc2)n1CC(F)(F)F. The van der Waals surface area contributed by atoms with Crippen LogP contribution in [0.25, 0.3) is 11.4 Å². The van der Waals surface area contributed by atoms with E-state index in [-0.39, 0.29) is 24.2 Å². The summed E-state index contributed by atoms with van der Waals surface area (Å²) in [5.41, 5.74) is 0.514. The molecule has 0 aromatic carbocycles. The summed E-state index contributed by atoms with van der Waals surface area (Å²) in [4.78, 5) is 3.84. The number of aromatic nitrogens is 4. The Morgan fingerprint density at radius 2 is 1.91 bits per heavy atom. The van der Waals surface area contributed by atoms with Gasteiger partial charge in [-0.2, -0.15) is 13.2 Å². The first-order valence-electron chi connectivity index (χ1n) is 6.73. The zero-order valence-electron chi connectivity index (χ0n) is 12.0. The lowest BCUT2D eigenvalue weighted by Gasteiger charge is -2.12. The first-order chi connectivity index (χ1) is 11.0. The van der Waals surface area contributed by atoms with Crippen LogP contribution in [0.1, 0.15) is 0 Å². The summed E-state index contributed by atoms with van der Waals surface area (Å²) in [6.07, 6.45) is -1.41. The van der Waals surface area contributed by atoms with Gasteiger partial charge in [0, 0.05) is 23.7 Å². The van der Waals surface area contributed by atoms with Crippen molar-refractivity contribution in [3.05, 3.63) is 24.5 Å². The van der Waals surface area contributed by atoms with Gasteiger partial charge in [0.2, 0.25) is 0 Å². The number of ether oxygens (including phenoxy) is 1. The molecule has 0 amide bonds. The number of halogens is 3. The fraction of sp³-hybridized carbons (Fsp3) is 0.462. The number of nitrogens with zero attached hydrogens (tertiary/aromatic N) is 4. The number of hydrogen-bond acceptors (Lipinski definition) is 6. The molecule has 6 nitrogen and oxygen atoms in total. The Kier molecular flexibility index (Phi) is 6.37. The van der Waals surface area contributed by atoms with Crippen LogP contribution in [0.4, 0.5) is 13.2 Å². The van der Waals surface area contributed by atoms with Crippen LogP contribution in [0.5, 0.6) is 0 Å². The first kappa shape index (κ1) is 17.7. The van der Waals surface area contributed by atoms with Crippen LogP contribution in [0.15, 0.2) is 29.7 Å². The summed E-state index contributed by atoms with van der Waals surface area (Å²) < 4.78 is 44.6. The fourth-order valence-corrected chi connectivity index (χ4v) is 2.58. The normalized spacial score (nSPS) is 11.8. The molecule has 0 unspecified atom stereocenters. The number of pyridine rings is 1. The van der Waals surface area contributed by atoms with E-state index in [2.05, 4.69) is 15.2 Å². The topological polar surface area (TPSA) is 73.1 Å². The number of hydrogen-bond donors (Lipinski definition) is 1. The van der Waals surface area contributed by atoms with Crippen molar-refractivity contribution in [1.82, 2.24) is 19.7 Å². The van der Waals surface area contributed by atoms with E-state index in [1.807, 2.05) is 0 Å². The van der Waals surface area contributed by atoms with E-state index in [1.54, 1.807) is 12.1 Å². The molecule has 1 N–H and O–H groups in total. The Hall–Kier alpha value is -1.65. The van der Waals surface area contributed by atoms with E-state index >= 15 is 0 Å². The Balaban J connectivity index is 2.16. The lowest BCUT2D eigenvalue weighted by molar-refractivity contribution is -0.141. The van der Waals surface area contributed by atoms with Crippen LogP contribution in [0, 0.1) is 0 Å². The van der Waals surface area contributed by atoms with Crippen molar-refractivity contribution >= 4 is 11.8 Å². The molecule has 0 saturated carbocycles. The minimum absolute atomic E-state index is 0.0961. The predicted molar refractivity (Wildman–Crippen MR) is 77.9 cm³/mol. The number of rotatable bonds is 8. The van der Waals surface area contributed by atoms with Gasteiger partial charge in [-0.25, -0.2) is 0 Å². The summed E-state index contributed by atoms with van der Waals surface area (Å²) in [7, 11) is 0. The van der Waals surface area contributed by atoms with E-state index in [0.29, 0.717) is 17.9 Å². The number of aliphatic hydroxyl groups is 1. The average molecular weight is 348 g/mol. The van der Waals surface area contributed by atoms with Crippen LogP contribution >= 0.6 is 11.8 Å². The average Bonchev–Trinajstić information content (AvgIpc) is 2.89. The summed E-state index contributed by atoms with van der Waals surface area (Å²) in [6.45, 7) is -0.772. The van der Waals surface area contributed by atoms with Gasteiger partial charge in [-0.3, -0.25) is 9.55 Å². The smallest absolute Gasteiger partial charge is 0.394 e. The van der Waals surface area contributed by atoms with E-state index in [4.69, 9.17) is 9.84 Å². The van der Waals surface area contributed by atoms with Gasteiger partial charge in [-0.05, 0) is 12.1 Å². The third kappa shape index (κ3) is 5.48. The van der Waals surface area contributed by atoms with E-state index in [9.17, 15) is 13.2 Å². The highest BCUT2D eigenvalue weighted by atomic mass is 32.2. The van der Waals surface area contributed by atoms with Gasteiger partial charge in [0.1, 0.15) is 6.54 Å². The zero-order chi connectivity index (χ0) is 16.7. The molecule has 0 spiro atoms. The molecule has 2 rings (SSSR count). The third-order valence-electron chi connectivity index (χ3n) is 2.69. The zero-order valence-corrected chi connectivity index (χ0v) is 12.8. The van der Waals surface area contributed by atoms with Gasteiger partial charge >= 0.3 is 6.18 Å². The van der Waals surface area contributed by atoms with Crippen LogP contribution in [0.3, 0.4) is 0 Å². The number of aliphatic hydroxyl groups excluding tert-OH is 1. The Labute approximate surface area is 134 Å². The number of alkyl halides is 3. The van der Waals surface area contributed by atoms with Gasteiger partial charge < -0.3 is 9.84 Å². The molecule has 0 bridgehead atoms. The molecular formula is C13H15F3N4O2S. The standard InChI is InChI=1S/C13H15F3N4O2S/c14-13(15,16)9-20-11(10-1-3-17-4-2-10)18-19-12(20)23-8-7-22-6-5-21/h1-4,21H,5-9H2. The molecule has 0 aliphatic heterocycles. The Bertz CT molecular complexity index is 607. The van der Waals surface area contributed by atoms with Gasteiger partial charge in [-0.1, -0.05) is 11.8 Å². The Morgan fingerprint density at radius 3 is 2.57 bits per heavy atom. The van der Waals surface area contributed by atoms with Crippen LogP contribution in [0.2, 0.25) is 0 Å². The van der Waals surface area contributed by atoms with Crippen molar-refractivity contribution in [2.75, 3.05) is 25.6 Å². The first-order valence-corrected chi connectivity index (χ1v) is 7.71. The number of thioether (sulfide) groups is 1. The van der Waals surface area contributed by atoms with Crippen molar-refractivity contribution in [3.8, 4) is 11.4 Å². The van der Waals surface area contributed by atoms with Crippen LogP contribution in [-0.2, 0) is 11.3 Å². The minimum Gasteiger partial charge on any atom is -0.394 e. The summed E-state index contributed by atoms with van der Waals surface area (Å²) in [5, 5.41) is 16.5. The molecule has 2 aromatic heterocycles. The quantitative estimate of drug-likeness (QED) is 0.581. The molecule has 0 atom stereocenters. The maximum absolute atomic E-state index is 12.8. The monoisotopic (exact) mass is 348 g/mol. The second kappa shape index (κ2) is 8.27. The second-order valence-corrected chi connectivity index (χ2v) is 5.49. The third-order valence-corrected chi connectivity index (χ3v) is 3.62. The molecule has 0 fully saturated rings. The van der Waals surface area contributed by atoms with Gasteiger partial charge in [-0.15, -0.1) is 10.2 Å². The molecule has 0 saturated heterocycles. The maximum Gasteiger partial charge on any atom is 0.406 e. The molecule has 0 aliphatic rings. The lowest BCUT2D eigenvalue weighted by Crippen LogP contribution is -2.19. The van der Waals surface area contributed by atoms with Gasteiger partial charge in [0.25, 0.3) is 0 Å². The van der Waals surface area contributed by atoms with Crippen molar-refractivity contribution in [2.24, 2.45) is 0 Å². The lowest BCUT2D eigenvalue weighted by atomic mass is 10.2. The van der Waals surface area contributed by atoms with Crippen molar-refractivity contribution in [1.29, 1.82) is 0 Å². The highest BCUT2D eigenvalue weighted by molar-refractivity contribution is 7.99. The maximum atomic E-state index is 12.8. The molecule has 126 valence electrons. The molecule has 10 heteroatoms. The molecule has 2 aromatic rings. The molecule has 0 radical (unpaired) electrons. The van der Waals surface area contributed by atoms with E-state index in [1.165, 1.54) is 12.4 Å². The largest absolute Gasteiger partial charge is 0.406 e. The Morgan fingerprint density at radius 1 is 1.17 bits per heavy atom. The highest BCUT2D eigenvalue weighted by Crippen LogP contribution is 2.28. The van der Waals surface area contributed by atoms with Crippen molar-refractivity contribution in [2.45, 2.75) is 17.9 Å². The van der Waals surface area contributed by atoms with Crippen molar-refractivity contribution < 1.29 is 23.0 Å². The predicted octanol–water partition coefficient (Wildman–Crippen LogP) is 2.00. The van der Waals surface area contributed by atoms with Crippen molar-refractivity contribution in [3.63, 3.8) is 0 Å². The van der Waals surface area contributed by atoms with E-state index in [0.717, 1.165) is 16.3 Å². The molecule has 0 aliphatic carbocycles. The van der Waals surface area contributed by atoms with Gasteiger partial charge in [0.05, 0.1) is 19.8 Å². The van der Waals surface area contributed by atoms with Gasteiger partial charge in [0.15, 0.2) is 11.0 Å². The summed E-state index contributed by atoms with van der Waals surface area (Å²) >= 11 is 1.12. The molecule has 2 heterocycles. The second-order valence-electron chi connectivity index (χ2n) is 4.43. The highest BCUT2D eigenvalue weighted by Gasteiger charge is 2.31. The van der Waals surface area contributed by atoms with E-state index < -0.39 is 12.7 Å². The molecular weight excluding hydrogens is 333 g/mol. The summed E-state index contributed by atoms with van der Waals surface area (Å²) in [5.74, 6) is 0.551. The summed E-state index contributed by atoms with van der Waals surface area (Å²) in [6, 6.07) is 3.16.